The molecule has 2 heterocycles. The van der Waals surface area contributed by atoms with Crippen LogP contribution in [0.25, 0.3) is 0 Å². The Kier molecular flexibility index (Phi) is 3.68. The van der Waals surface area contributed by atoms with Gasteiger partial charge in [-0.05, 0) is 43.3 Å². The molecule has 0 saturated carbocycles. The molecule has 0 spiro atoms. The zero-order valence-corrected chi connectivity index (χ0v) is 12.1. The maximum absolute atomic E-state index is 5.74. The number of nitrogens with zero attached hydrogens (tertiary/aromatic N) is 2. The van der Waals surface area contributed by atoms with Gasteiger partial charge in [0.1, 0.15) is 0 Å². The molecule has 0 amide bonds. The van der Waals surface area contributed by atoms with Gasteiger partial charge in [-0.15, -0.1) is 0 Å². The Bertz CT molecular complexity index is 446. The van der Waals surface area contributed by atoms with Crippen LogP contribution in [0.5, 0.6) is 0 Å². The normalized spacial score (nSPS) is 27.9. The molecule has 19 heavy (non-hydrogen) atoms. The Morgan fingerprint density at radius 2 is 1.68 bits per heavy atom. The second-order valence-corrected chi connectivity index (χ2v) is 6.36. The van der Waals surface area contributed by atoms with Crippen LogP contribution in [0, 0.1) is 25.7 Å². The smallest absolute Gasteiger partial charge is 0.0863 e. The number of likely N-dealkylation sites (tertiary alicyclic amines) is 2. The first-order valence-electron chi connectivity index (χ1n) is 7.36. The van der Waals surface area contributed by atoms with Crippen molar-refractivity contribution in [1.82, 2.24) is 9.80 Å². The van der Waals surface area contributed by atoms with E-state index >= 15 is 0 Å². The zero-order chi connectivity index (χ0) is 13.4. The molecule has 2 unspecified atom stereocenters. The van der Waals surface area contributed by atoms with Crippen molar-refractivity contribution in [1.29, 1.82) is 0 Å². The summed E-state index contributed by atoms with van der Waals surface area (Å²) in [6, 6.07) is 6.82. The molecule has 0 aromatic heterocycles. The van der Waals surface area contributed by atoms with E-state index in [0.717, 1.165) is 24.8 Å². The minimum Gasteiger partial charge on any atom is -0.311 e. The van der Waals surface area contributed by atoms with Crippen molar-refractivity contribution in [3.8, 4) is 0 Å². The highest BCUT2D eigenvalue weighted by Crippen LogP contribution is 2.31. The highest BCUT2D eigenvalue weighted by Gasteiger charge is 2.38. The summed E-state index contributed by atoms with van der Waals surface area (Å²) in [7, 11) is 5.74. The zero-order valence-electron chi connectivity index (χ0n) is 12.1. The number of hydrogen-bond donors (Lipinski definition) is 0. The van der Waals surface area contributed by atoms with E-state index in [0.29, 0.717) is 0 Å². The minimum atomic E-state index is 0.726. The SMILES string of the molecule is [B]CN1CC2CN(Cc3ccc(C)cc3C)CC2C1. The van der Waals surface area contributed by atoms with Crippen molar-refractivity contribution >= 4 is 7.85 Å². The van der Waals surface area contributed by atoms with Gasteiger partial charge in [-0.3, -0.25) is 4.90 Å². The van der Waals surface area contributed by atoms with Crippen molar-refractivity contribution in [2.24, 2.45) is 11.8 Å². The molecule has 2 atom stereocenters. The summed E-state index contributed by atoms with van der Waals surface area (Å²) in [6.07, 6.45) is 0.726. The van der Waals surface area contributed by atoms with Gasteiger partial charge in [-0.1, -0.05) is 23.8 Å². The molecule has 100 valence electrons. The summed E-state index contributed by atoms with van der Waals surface area (Å²) >= 11 is 0. The van der Waals surface area contributed by atoms with Crippen LogP contribution < -0.4 is 0 Å². The summed E-state index contributed by atoms with van der Waals surface area (Å²) in [6.45, 7) is 10.4. The molecule has 2 aliphatic heterocycles. The second-order valence-electron chi connectivity index (χ2n) is 6.36. The van der Waals surface area contributed by atoms with E-state index in [1.54, 1.807) is 0 Å². The third-order valence-corrected chi connectivity index (χ3v) is 4.79. The average Bonchev–Trinajstić information content (AvgIpc) is 2.90. The van der Waals surface area contributed by atoms with E-state index in [1.165, 1.54) is 42.9 Å². The second kappa shape index (κ2) is 5.30. The number of hydrogen-bond acceptors (Lipinski definition) is 2. The van der Waals surface area contributed by atoms with Crippen LogP contribution in [-0.2, 0) is 6.54 Å². The van der Waals surface area contributed by atoms with Crippen molar-refractivity contribution in [3.63, 3.8) is 0 Å². The Morgan fingerprint density at radius 1 is 1.05 bits per heavy atom. The summed E-state index contributed by atoms with van der Waals surface area (Å²) in [5.74, 6) is 1.68. The highest BCUT2D eigenvalue weighted by molar-refractivity contribution is 6.08. The van der Waals surface area contributed by atoms with Crippen molar-refractivity contribution < 1.29 is 0 Å². The predicted octanol–water partition coefficient (Wildman–Crippen LogP) is 1.79. The van der Waals surface area contributed by atoms with Crippen LogP contribution in [0.3, 0.4) is 0 Å². The largest absolute Gasteiger partial charge is 0.311 e. The summed E-state index contributed by atoms with van der Waals surface area (Å²) < 4.78 is 0. The Morgan fingerprint density at radius 3 is 2.26 bits per heavy atom. The molecule has 0 N–H and O–H groups in total. The first-order valence-corrected chi connectivity index (χ1v) is 7.36. The Balaban J connectivity index is 1.61. The molecule has 2 aliphatic rings. The first kappa shape index (κ1) is 13.2. The van der Waals surface area contributed by atoms with Crippen LogP contribution >= 0.6 is 0 Å². The molecule has 1 aromatic rings. The molecule has 2 radical (unpaired) electrons. The van der Waals surface area contributed by atoms with E-state index in [4.69, 9.17) is 7.85 Å². The predicted molar refractivity (Wildman–Crippen MR) is 80.4 cm³/mol. The minimum absolute atomic E-state index is 0.726. The standard InChI is InChI=1S/C16H23BN2/c1-12-3-4-14(13(2)5-12)6-18-7-15-9-19(11-17)10-16(15)8-18/h3-5,15-16H,6-11H2,1-2H3. The van der Waals surface area contributed by atoms with Crippen molar-refractivity contribution in [2.45, 2.75) is 20.4 Å². The lowest BCUT2D eigenvalue weighted by Crippen LogP contribution is -2.29. The fraction of sp³-hybridized carbons (Fsp3) is 0.625. The van der Waals surface area contributed by atoms with Gasteiger partial charge in [-0.25, -0.2) is 0 Å². The van der Waals surface area contributed by atoms with Gasteiger partial charge in [0.05, 0.1) is 7.85 Å². The number of fused-ring (bicyclic) bond motifs is 1. The van der Waals surface area contributed by atoms with E-state index < -0.39 is 0 Å². The fourth-order valence-corrected chi connectivity index (χ4v) is 3.73. The quantitative estimate of drug-likeness (QED) is 0.759. The monoisotopic (exact) mass is 254 g/mol. The lowest BCUT2D eigenvalue weighted by atomic mass is 10.0. The summed E-state index contributed by atoms with van der Waals surface area (Å²) in [5, 5.41) is 0. The molecular weight excluding hydrogens is 231 g/mol. The first-order chi connectivity index (χ1) is 9.15. The van der Waals surface area contributed by atoms with Crippen LogP contribution in [-0.4, -0.2) is 50.3 Å². The fourth-order valence-electron chi connectivity index (χ4n) is 3.73. The lowest BCUT2D eigenvalue weighted by molar-refractivity contribution is 0.267. The molecule has 1 aromatic carbocycles. The van der Waals surface area contributed by atoms with E-state index in [9.17, 15) is 0 Å². The maximum Gasteiger partial charge on any atom is 0.0863 e. The molecule has 0 bridgehead atoms. The van der Waals surface area contributed by atoms with Crippen LogP contribution in [0.1, 0.15) is 16.7 Å². The summed E-state index contributed by atoms with van der Waals surface area (Å²) in [4.78, 5) is 5.02. The number of aryl methyl sites for hydroxylation is 2. The lowest BCUT2D eigenvalue weighted by Gasteiger charge is -2.21. The molecule has 2 nitrogen and oxygen atoms in total. The van der Waals surface area contributed by atoms with Crippen molar-refractivity contribution in [2.75, 3.05) is 32.6 Å². The van der Waals surface area contributed by atoms with E-state index in [-0.39, 0.29) is 0 Å². The van der Waals surface area contributed by atoms with Gasteiger partial charge in [0.25, 0.3) is 0 Å². The van der Waals surface area contributed by atoms with Crippen LogP contribution in [0.4, 0.5) is 0 Å². The molecule has 0 aliphatic carbocycles. The number of benzene rings is 1. The third kappa shape index (κ3) is 2.73. The molecule has 2 saturated heterocycles. The van der Waals surface area contributed by atoms with E-state index in [2.05, 4.69) is 41.8 Å². The molecule has 2 fully saturated rings. The number of rotatable bonds is 3. The van der Waals surface area contributed by atoms with Gasteiger partial charge in [0, 0.05) is 32.7 Å². The van der Waals surface area contributed by atoms with E-state index in [1.807, 2.05) is 0 Å². The van der Waals surface area contributed by atoms with Crippen LogP contribution in [0.15, 0.2) is 18.2 Å². The van der Waals surface area contributed by atoms with Crippen molar-refractivity contribution in [3.05, 3.63) is 34.9 Å². The van der Waals surface area contributed by atoms with Gasteiger partial charge >= 0.3 is 0 Å². The van der Waals surface area contributed by atoms with Gasteiger partial charge in [0.2, 0.25) is 0 Å². The molecule has 3 rings (SSSR count). The van der Waals surface area contributed by atoms with Crippen LogP contribution in [0.2, 0.25) is 0 Å². The average molecular weight is 254 g/mol. The third-order valence-electron chi connectivity index (χ3n) is 4.79. The summed E-state index contributed by atoms with van der Waals surface area (Å²) in [5.41, 5.74) is 4.28. The van der Waals surface area contributed by atoms with Gasteiger partial charge in [0.15, 0.2) is 0 Å². The topological polar surface area (TPSA) is 6.48 Å². The van der Waals surface area contributed by atoms with Gasteiger partial charge < -0.3 is 4.90 Å². The Hall–Kier alpha value is -0.795. The maximum atomic E-state index is 5.74. The Labute approximate surface area is 118 Å². The highest BCUT2D eigenvalue weighted by atomic mass is 15.2. The molecular formula is C16H23BN2. The molecule has 3 heteroatoms. The van der Waals surface area contributed by atoms with Gasteiger partial charge in [-0.2, -0.15) is 0 Å².